The fourth-order valence-electron chi connectivity index (χ4n) is 2.69. The van der Waals surface area contributed by atoms with Gasteiger partial charge in [0.25, 0.3) is 0 Å². The molecule has 0 radical (unpaired) electrons. The Kier molecular flexibility index (Phi) is 5.12. The van der Waals surface area contributed by atoms with Crippen LogP contribution in [0, 0.1) is 0 Å². The van der Waals surface area contributed by atoms with Gasteiger partial charge in [-0.1, -0.05) is 62.4 Å². The summed E-state index contributed by atoms with van der Waals surface area (Å²) in [6, 6.07) is 28.8. The maximum Gasteiger partial charge on any atom is 0.121 e. The van der Waals surface area contributed by atoms with Gasteiger partial charge < -0.3 is 4.74 Å². The van der Waals surface area contributed by atoms with Crippen LogP contribution in [-0.4, -0.2) is 5.60 Å². The van der Waals surface area contributed by atoms with E-state index in [-0.39, 0.29) is 5.60 Å². The second kappa shape index (κ2) is 7.15. The first kappa shape index (κ1) is 17.9. The molecule has 3 aromatic carbocycles. The van der Waals surface area contributed by atoms with Crippen LogP contribution in [0.15, 0.2) is 99.6 Å². The van der Waals surface area contributed by atoms with Crippen molar-refractivity contribution < 1.29 is 4.74 Å². The van der Waals surface area contributed by atoms with Crippen molar-refractivity contribution in [3.63, 3.8) is 0 Å². The molecule has 0 saturated heterocycles. The minimum atomic E-state index is -1.86. The fraction of sp³-hybridized carbons (Fsp3) is 0.182. The van der Waals surface area contributed by atoms with Crippen LogP contribution in [-0.2, 0) is 0 Å². The lowest BCUT2D eigenvalue weighted by atomic mass is 10.2. The fourth-order valence-corrected chi connectivity index (χ4v) is 6.02. The van der Waals surface area contributed by atoms with Gasteiger partial charge in [0.15, 0.2) is 0 Å². The molecule has 1 nitrogen and oxygen atoms in total. The summed E-state index contributed by atoms with van der Waals surface area (Å²) in [6.07, 6.45) is 0. The summed E-state index contributed by atoms with van der Waals surface area (Å²) in [5.74, 6) is 0.842. The Bertz CT molecular complexity index is 786. The number of ether oxygens (including phenoxy) is 1. The van der Waals surface area contributed by atoms with E-state index in [0.717, 1.165) is 20.4 Å². The number of benzene rings is 3. The third-order valence-corrected chi connectivity index (χ3v) is 8.04. The van der Waals surface area contributed by atoms with Gasteiger partial charge in [-0.05, 0) is 63.2 Å². The summed E-state index contributed by atoms with van der Waals surface area (Å²) in [5.41, 5.74) is -0.248. The maximum absolute atomic E-state index is 7.39. The molecule has 130 valence electrons. The summed E-state index contributed by atoms with van der Waals surface area (Å²) in [7, 11) is 5.53. The zero-order valence-corrected chi connectivity index (χ0v) is 16.3. The summed E-state index contributed by atoms with van der Waals surface area (Å²) in [5, 5.41) is 0. The zero-order chi connectivity index (χ0) is 17.9. The van der Waals surface area contributed by atoms with Crippen LogP contribution >= 0.6 is 19.9 Å². The van der Waals surface area contributed by atoms with Gasteiger partial charge >= 0.3 is 0 Å². The largest absolute Gasteiger partial charge is 0.488 e. The van der Waals surface area contributed by atoms with Crippen LogP contribution in [0.2, 0.25) is 0 Å². The highest BCUT2D eigenvalue weighted by Crippen LogP contribution is 2.72. The number of hydrogen-bond donors (Lipinski definition) is 0. The van der Waals surface area contributed by atoms with Crippen LogP contribution in [0.25, 0.3) is 0 Å². The van der Waals surface area contributed by atoms with Gasteiger partial charge in [0.1, 0.15) is 11.4 Å². The SMILES string of the molecule is CC(C)(C)Oc1cccc(S(Cl)(c2ccccc2)c2ccccc2)c1. The Morgan fingerprint density at radius 2 is 1.16 bits per heavy atom. The molecule has 0 N–H and O–H groups in total. The molecule has 0 aromatic heterocycles. The molecule has 0 bridgehead atoms. The summed E-state index contributed by atoms with van der Waals surface area (Å²) < 4.78 is 6.06. The molecule has 0 amide bonds. The van der Waals surface area contributed by atoms with Crippen molar-refractivity contribution in [2.75, 3.05) is 0 Å². The minimum Gasteiger partial charge on any atom is -0.488 e. The van der Waals surface area contributed by atoms with E-state index in [1.165, 1.54) is 0 Å². The standard InChI is InChI=1S/C22H23ClOS/c1-22(2,3)24-18-11-10-16-21(17-18)25(23,19-12-6-4-7-13-19)20-14-8-5-9-15-20/h4-17H,1-3H3. The first-order valence-electron chi connectivity index (χ1n) is 8.32. The lowest BCUT2D eigenvalue weighted by Gasteiger charge is -2.34. The molecule has 3 aromatic rings. The van der Waals surface area contributed by atoms with E-state index in [2.05, 4.69) is 57.2 Å². The molecule has 0 saturated carbocycles. The second-order valence-electron chi connectivity index (χ2n) is 6.85. The Balaban J connectivity index is 2.15. The van der Waals surface area contributed by atoms with Crippen LogP contribution in [0.1, 0.15) is 20.8 Å². The van der Waals surface area contributed by atoms with Crippen molar-refractivity contribution in [3.8, 4) is 5.75 Å². The smallest absolute Gasteiger partial charge is 0.121 e. The van der Waals surface area contributed by atoms with Gasteiger partial charge in [0.05, 0.1) is 0 Å². The molecule has 0 atom stereocenters. The topological polar surface area (TPSA) is 9.23 Å². The van der Waals surface area contributed by atoms with Gasteiger partial charge in [0.2, 0.25) is 0 Å². The number of hydrogen-bond acceptors (Lipinski definition) is 1. The van der Waals surface area contributed by atoms with Crippen LogP contribution in [0.3, 0.4) is 0 Å². The number of rotatable bonds is 4. The lowest BCUT2D eigenvalue weighted by molar-refractivity contribution is 0.130. The highest BCUT2D eigenvalue weighted by Gasteiger charge is 2.29. The van der Waals surface area contributed by atoms with Crippen molar-refractivity contribution in [3.05, 3.63) is 84.9 Å². The van der Waals surface area contributed by atoms with Gasteiger partial charge in [-0.3, -0.25) is 0 Å². The van der Waals surface area contributed by atoms with Gasteiger partial charge in [-0.2, -0.15) is 0 Å². The van der Waals surface area contributed by atoms with E-state index >= 15 is 0 Å². The summed E-state index contributed by atoms with van der Waals surface area (Å²) in [4.78, 5) is 3.32. The lowest BCUT2D eigenvalue weighted by Crippen LogP contribution is -2.22. The van der Waals surface area contributed by atoms with Crippen LogP contribution in [0.4, 0.5) is 0 Å². The summed E-state index contributed by atoms with van der Waals surface area (Å²) in [6.45, 7) is 6.15. The highest BCUT2D eigenvalue weighted by atomic mass is 35.7. The van der Waals surface area contributed by atoms with Gasteiger partial charge in [-0.15, -0.1) is 0 Å². The molecular formula is C22H23ClOS. The predicted octanol–water partition coefficient (Wildman–Crippen LogP) is 7.30. The third-order valence-electron chi connectivity index (χ3n) is 3.69. The molecule has 0 heterocycles. The van der Waals surface area contributed by atoms with E-state index < -0.39 is 9.24 Å². The maximum atomic E-state index is 7.39. The van der Waals surface area contributed by atoms with Crippen LogP contribution < -0.4 is 4.74 Å². The Morgan fingerprint density at radius 1 is 0.680 bits per heavy atom. The molecule has 25 heavy (non-hydrogen) atoms. The van der Waals surface area contributed by atoms with Crippen molar-refractivity contribution in [1.29, 1.82) is 0 Å². The Morgan fingerprint density at radius 3 is 1.64 bits per heavy atom. The molecule has 0 aliphatic carbocycles. The molecule has 0 unspecified atom stereocenters. The minimum absolute atomic E-state index is 0.248. The molecule has 0 spiro atoms. The molecule has 3 rings (SSSR count). The quantitative estimate of drug-likeness (QED) is 0.468. The number of halogens is 1. The average molecular weight is 371 g/mol. The van der Waals surface area contributed by atoms with Crippen molar-refractivity contribution in [1.82, 2.24) is 0 Å². The van der Waals surface area contributed by atoms with Crippen LogP contribution in [0.5, 0.6) is 5.75 Å². The van der Waals surface area contributed by atoms with Crippen molar-refractivity contribution >= 4 is 19.9 Å². The third kappa shape index (κ3) is 4.02. The first-order chi connectivity index (χ1) is 11.9. The van der Waals surface area contributed by atoms with Crippen molar-refractivity contribution in [2.45, 2.75) is 41.1 Å². The van der Waals surface area contributed by atoms with E-state index in [1.807, 2.05) is 48.5 Å². The highest BCUT2D eigenvalue weighted by molar-refractivity contribution is 8.51. The van der Waals surface area contributed by atoms with E-state index in [0.29, 0.717) is 0 Å². The second-order valence-corrected chi connectivity index (χ2v) is 10.7. The molecular weight excluding hydrogens is 348 g/mol. The van der Waals surface area contributed by atoms with Gasteiger partial charge in [-0.25, -0.2) is 0 Å². The summed E-state index contributed by atoms with van der Waals surface area (Å²) >= 11 is 0. The normalized spacial score (nSPS) is 12.6. The molecule has 0 aliphatic heterocycles. The molecule has 0 aliphatic rings. The average Bonchev–Trinajstić information content (AvgIpc) is 2.61. The Labute approximate surface area is 156 Å². The predicted molar refractivity (Wildman–Crippen MR) is 108 cm³/mol. The zero-order valence-electron chi connectivity index (χ0n) is 14.8. The van der Waals surface area contributed by atoms with E-state index in [1.54, 1.807) is 0 Å². The van der Waals surface area contributed by atoms with E-state index in [9.17, 15) is 0 Å². The van der Waals surface area contributed by atoms with Crippen molar-refractivity contribution in [2.24, 2.45) is 0 Å². The van der Waals surface area contributed by atoms with Gasteiger partial charge in [0, 0.05) is 14.7 Å². The van der Waals surface area contributed by atoms with E-state index in [4.69, 9.17) is 15.4 Å². The monoisotopic (exact) mass is 370 g/mol. The molecule has 0 fully saturated rings. The first-order valence-corrected chi connectivity index (χ1v) is 10.8. The molecule has 3 heteroatoms. The Hall–Kier alpha value is -1.90.